The minimum absolute atomic E-state index is 0.0285. The van der Waals surface area contributed by atoms with Crippen molar-refractivity contribution in [3.05, 3.63) is 18.0 Å². The van der Waals surface area contributed by atoms with E-state index < -0.39 is 0 Å². The maximum atomic E-state index is 12.4. The highest BCUT2D eigenvalue weighted by Crippen LogP contribution is 2.27. The van der Waals surface area contributed by atoms with E-state index in [1.165, 1.54) is 6.26 Å². The van der Waals surface area contributed by atoms with Crippen molar-refractivity contribution in [1.29, 1.82) is 0 Å². The number of amides is 1. The summed E-state index contributed by atoms with van der Waals surface area (Å²) in [5, 5.41) is 8.34. The largest absolute Gasteiger partial charge is 0.449 e. The highest BCUT2D eigenvalue weighted by atomic mass is 16.5. The maximum Gasteiger partial charge on any atom is 0.245 e. The number of methoxy groups -OCH3 is 1. The van der Waals surface area contributed by atoms with Crippen molar-refractivity contribution in [2.75, 3.05) is 20.3 Å². The van der Waals surface area contributed by atoms with Gasteiger partial charge in [0.1, 0.15) is 18.0 Å². The van der Waals surface area contributed by atoms with E-state index in [0.29, 0.717) is 37.1 Å². The zero-order valence-electron chi connectivity index (χ0n) is 12.2. The number of oxazole rings is 1. The molecule has 0 N–H and O–H groups in total. The first-order valence-electron chi connectivity index (χ1n) is 6.76. The van der Waals surface area contributed by atoms with E-state index >= 15 is 0 Å². The molecule has 1 aliphatic rings. The Hall–Kier alpha value is -2.22. The predicted molar refractivity (Wildman–Crippen MR) is 72.3 cm³/mol. The zero-order valence-corrected chi connectivity index (χ0v) is 12.2. The van der Waals surface area contributed by atoms with E-state index in [9.17, 15) is 4.79 Å². The molecule has 112 valence electrons. The van der Waals surface area contributed by atoms with Crippen LogP contribution in [0.5, 0.6) is 0 Å². The molecule has 0 spiro atoms. The first kappa shape index (κ1) is 13.7. The normalized spacial score (nSPS) is 18.1. The average Bonchev–Trinajstić information content (AvgIpc) is 3.07. The van der Waals surface area contributed by atoms with E-state index in [-0.39, 0.29) is 11.9 Å². The fourth-order valence-electron chi connectivity index (χ4n) is 2.49. The Morgan fingerprint density at radius 1 is 1.48 bits per heavy atom. The molecule has 21 heavy (non-hydrogen) atoms. The summed E-state index contributed by atoms with van der Waals surface area (Å²) >= 11 is 0. The first-order chi connectivity index (χ1) is 10.1. The molecule has 0 saturated heterocycles. The zero-order chi connectivity index (χ0) is 15.0. The van der Waals surface area contributed by atoms with Crippen LogP contribution < -0.4 is 0 Å². The minimum atomic E-state index is -0.368. The average molecular weight is 291 g/mol. The molecule has 8 heteroatoms. The van der Waals surface area contributed by atoms with Gasteiger partial charge in [-0.3, -0.25) is 9.36 Å². The fourth-order valence-corrected chi connectivity index (χ4v) is 2.49. The lowest BCUT2D eigenvalue weighted by Crippen LogP contribution is -2.43. The summed E-state index contributed by atoms with van der Waals surface area (Å²) < 4.78 is 12.1. The summed E-state index contributed by atoms with van der Waals surface area (Å²) in [7, 11) is 1.62. The predicted octanol–water partition coefficient (Wildman–Crippen LogP) is 0.791. The third-order valence-electron chi connectivity index (χ3n) is 3.57. The first-order valence-corrected chi connectivity index (χ1v) is 6.76. The number of fused-ring (bicyclic) bond motifs is 1. The molecule has 0 fully saturated rings. The number of ether oxygens (including phenoxy) is 1. The smallest absolute Gasteiger partial charge is 0.245 e. The lowest BCUT2D eigenvalue weighted by atomic mass is 10.2. The standard InChI is InChI=1S/C13H17N5O3/c1-8-13(19)17(4-5-20-3)6-11-15-16-12(18(8)11)10-7-21-9(2)14-10/h7-8H,4-6H2,1-3H3/t8-/m0/s1. The molecule has 0 saturated carbocycles. The van der Waals surface area contributed by atoms with Crippen molar-refractivity contribution >= 4 is 5.91 Å². The molecule has 0 aromatic carbocycles. The van der Waals surface area contributed by atoms with E-state index in [1.54, 1.807) is 18.9 Å². The van der Waals surface area contributed by atoms with Crippen LogP contribution in [-0.4, -0.2) is 50.8 Å². The van der Waals surface area contributed by atoms with Gasteiger partial charge in [-0.25, -0.2) is 4.98 Å². The topological polar surface area (TPSA) is 86.3 Å². The number of carbonyl (C=O) groups is 1. The van der Waals surface area contributed by atoms with Crippen LogP contribution in [0.15, 0.2) is 10.7 Å². The molecule has 0 unspecified atom stereocenters. The van der Waals surface area contributed by atoms with Gasteiger partial charge < -0.3 is 14.1 Å². The van der Waals surface area contributed by atoms with Gasteiger partial charge in [-0.15, -0.1) is 10.2 Å². The second kappa shape index (κ2) is 5.28. The minimum Gasteiger partial charge on any atom is -0.449 e. The summed E-state index contributed by atoms with van der Waals surface area (Å²) in [5.74, 6) is 1.89. The van der Waals surface area contributed by atoms with Crippen LogP contribution in [0.3, 0.4) is 0 Å². The van der Waals surface area contributed by atoms with Gasteiger partial charge in [0, 0.05) is 20.6 Å². The van der Waals surface area contributed by atoms with Gasteiger partial charge in [0.05, 0.1) is 13.2 Å². The molecular formula is C13H17N5O3. The molecule has 3 heterocycles. The summed E-state index contributed by atoms with van der Waals surface area (Å²) in [6.45, 7) is 5.08. The molecule has 0 aliphatic carbocycles. The molecule has 8 nitrogen and oxygen atoms in total. The Morgan fingerprint density at radius 2 is 2.29 bits per heavy atom. The van der Waals surface area contributed by atoms with Gasteiger partial charge in [-0.05, 0) is 6.92 Å². The second-order valence-electron chi connectivity index (χ2n) is 4.99. The SMILES string of the molecule is COCCN1Cc2nnc(-c3coc(C)n3)n2[C@@H](C)C1=O. The van der Waals surface area contributed by atoms with E-state index in [1.807, 2.05) is 11.5 Å². The van der Waals surface area contributed by atoms with Gasteiger partial charge >= 0.3 is 0 Å². The monoisotopic (exact) mass is 291 g/mol. The van der Waals surface area contributed by atoms with Crippen LogP contribution in [0.1, 0.15) is 24.7 Å². The van der Waals surface area contributed by atoms with Crippen LogP contribution in [0.2, 0.25) is 0 Å². The quantitative estimate of drug-likeness (QED) is 0.828. The number of nitrogens with zero attached hydrogens (tertiary/aromatic N) is 5. The van der Waals surface area contributed by atoms with Gasteiger partial charge in [-0.2, -0.15) is 0 Å². The lowest BCUT2D eigenvalue weighted by molar-refractivity contribution is -0.137. The lowest BCUT2D eigenvalue weighted by Gasteiger charge is -2.31. The Morgan fingerprint density at radius 3 is 2.95 bits per heavy atom. The van der Waals surface area contributed by atoms with E-state index in [2.05, 4.69) is 15.2 Å². The summed E-state index contributed by atoms with van der Waals surface area (Å²) in [6, 6.07) is -0.368. The Kier molecular flexibility index (Phi) is 3.46. The van der Waals surface area contributed by atoms with Crippen LogP contribution in [0.4, 0.5) is 0 Å². The van der Waals surface area contributed by atoms with Crippen molar-refractivity contribution in [2.45, 2.75) is 26.4 Å². The Balaban J connectivity index is 1.95. The van der Waals surface area contributed by atoms with Crippen LogP contribution in [0, 0.1) is 6.92 Å². The fraction of sp³-hybridized carbons (Fsp3) is 0.538. The van der Waals surface area contributed by atoms with Gasteiger partial charge in [0.2, 0.25) is 5.91 Å². The third kappa shape index (κ3) is 2.31. The molecule has 1 aliphatic heterocycles. The number of hydrogen-bond donors (Lipinski definition) is 0. The van der Waals surface area contributed by atoms with Gasteiger partial charge in [0.25, 0.3) is 0 Å². The molecule has 3 rings (SSSR count). The highest BCUT2D eigenvalue weighted by molar-refractivity contribution is 5.81. The Bertz CT molecular complexity index is 663. The number of carbonyl (C=O) groups excluding carboxylic acids is 1. The second-order valence-corrected chi connectivity index (χ2v) is 4.99. The molecule has 2 aromatic heterocycles. The van der Waals surface area contributed by atoms with Crippen molar-refractivity contribution in [3.63, 3.8) is 0 Å². The molecule has 0 bridgehead atoms. The summed E-state index contributed by atoms with van der Waals surface area (Å²) in [6.07, 6.45) is 1.53. The number of hydrogen-bond acceptors (Lipinski definition) is 6. The maximum absolute atomic E-state index is 12.4. The third-order valence-corrected chi connectivity index (χ3v) is 3.57. The molecule has 2 aromatic rings. The van der Waals surface area contributed by atoms with Crippen molar-refractivity contribution in [1.82, 2.24) is 24.6 Å². The Labute approximate surface area is 121 Å². The number of aromatic nitrogens is 4. The van der Waals surface area contributed by atoms with Gasteiger partial charge in [-0.1, -0.05) is 0 Å². The molecular weight excluding hydrogens is 274 g/mol. The van der Waals surface area contributed by atoms with E-state index in [0.717, 1.165) is 5.82 Å². The van der Waals surface area contributed by atoms with E-state index in [4.69, 9.17) is 9.15 Å². The van der Waals surface area contributed by atoms with Crippen molar-refractivity contribution in [3.8, 4) is 11.5 Å². The number of aryl methyl sites for hydroxylation is 1. The molecule has 1 atom stereocenters. The van der Waals surface area contributed by atoms with Crippen LogP contribution in [-0.2, 0) is 16.1 Å². The molecule has 1 amide bonds. The highest BCUT2D eigenvalue weighted by Gasteiger charge is 2.33. The van der Waals surface area contributed by atoms with Crippen molar-refractivity contribution in [2.24, 2.45) is 0 Å². The molecule has 0 radical (unpaired) electrons. The number of rotatable bonds is 4. The summed E-state index contributed by atoms with van der Waals surface area (Å²) in [5.41, 5.74) is 0.594. The van der Waals surface area contributed by atoms with Crippen molar-refractivity contribution < 1.29 is 13.9 Å². The van der Waals surface area contributed by atoms with Crippen LogP contribution >= 0.6 is 0 Å². The summed E-state index contributed by atoms with van der Waals surface area (Å²) in [4.78, 5) is 18.4. The van der Waals surface area contributed by atoms with Gasteiger partial charge in [0.15, 0.2) is 17.5 Å². The van der Waals surface area contributed by atoms with Crippen LogP contribution in [0.25, 0.3) is 11.5 Å².